The highest BCUT2D eigenvalue weighted by Gasteiger charge is 2.16. The second-order valence-corrected chi connectivity index (χ2v) is 9.71. The normalized spacial score (nSPS) is 11.1. The summed E-state index contributed by atoms with van der Waals surface area (Å²) >= 11 is 1.30. The minimum absolute atomic E-state index is 0.0627. The zero-order chi connectivity index (χ0) is 23.7. The van der Waals surface area contributed by atoms with E-state index in [9.17, 15) is 22.4 Å². The quantitative estimate of drug-likeness (QED) is 0.403. The molecule has 0 radical (unpaired) electrons. The molecule has 3 N–H and O–H groups in total. The number of amides is 2. The van der Waals surface area contributed by atoms with Crippen LogP contribution in [0.15, 0.2) is 83.8 Å². The highest BCUT2D eigenvalue weighted by Crippen LogP contribution is 2.13. The summed E-state index contributed by atoms with van der Waals surface area (Å²) in [6.45, 7) is 0.116. The number of hydrogen-bond donors (Lipinski definition) is 3. The Kier molecular flexibility index (Phi) is 8.58. The van der Waals surface area contributed by atoms with Crippen LogP contribution in [0.5, 0.6) is 0 Å². The van der Waals surface area contributed by atoms with E-state index in [0.717, 1.165) is 11.1 Å². The van der Waals surface area contributed by atoms with E-state index in [1.807, 2.05) is 18.2 Å². The number of nitrogens with one attached hydrogen (secondary N) is 3. The molecule has 0 fully saturated rings. The van der Waals surface area contributed by atoms with Crippen LogP contribution >= 0.6 is 11.8 Å². The van der Waals surface area contributed by atoms with Crippen molar-refractivity contribution in [1.29, 1.82) is 0 Å². The number of carbonyl (C=O) groups is 2. The summed E-state index contributed by atoms with van der Waals surface area (Å²) < 4.78 is 40.5. The van der Waals surface area contributed by atoms with Crippen LogP contribution < -0.4 is 15.6 Å². The highest BCUT2D eigenvalue weighted by atomic mass is 32.2. The van der Waals surface area contributed by atoms with Gasteiger partial charge >= 0.3 is 0 Å². The first-order valence-electron chi connectivity index (χ1n) is 9.88. The number of benzene rings is 3. The molecule has 3 aromatic carbocycles. The number of sulfonamides is 1. The molecule has 0 atom stereocenters. The fourth-order valence-electron chi connectivity index (χ4n) is 2.74. The summed E-state index contributed by atoms with van der Waals surface area (Å²) in [7, 11) is -3.83. The van der Waals surface area contributed by atoms with Gasteiger partial charge < -0.3 is 0 Å². The molecule has 0 aromatic heterocycles. The molecule has 0 saturated carbocycles. The number of hydrazine groups is 1. The van der Waals surface area contributed by atoms with Gasteiger partial charge in [-0.2, -0.15) is 0 Å². The first kappa shape index (κ1) is 24.4. The van der Waals surface area contributed by atoms with Gasteiger partial charge in [0.2, 0.25) is 15.9 Å². The lowest BCUT2D eigenvalue weighted by molar-refractivity contribution is -0.119. The lowest BCUT2D eigenvalue weighted by Crippen LogP contribution is -2.42. The predicted molar refractivity (Wildman–Crippen MR) is 125 cm³/mol. The number of hydrogen-bond acceptors (Lipinski definition) is 5. The van der Waals surface area contributed by atoms with Crippen LogP contribution in [0.4, 0.5) is 4.39 Å². The van der Waals surface area contributed by atoms with Crippen LogP contribution in [0.25, 0.3) is 0 Å². The van der Waals surface area contributed by atoms with Crippen molar-refractivity contribution in [2.75, 3.05) is 5.75 Å². The van der Waals surface area contributed by atoms with Gasteiger partial charge in [-0.25, -0.2) is 17.5 Å². The van der Waals surface area contributed by atoms with Gasteiger partial charge in [0.25, 0.3) is 5.91 Å². The fourth-order valence-corrected chi connectivity index (χ4v) is 4.59. The van der Waals surface area contributed by atoms with Crippen molar-refractivity contribution in [3.05, 3.63) is 101 Å². The summed E-state index contributed by atoms with van der Waals surface area (Å²) in [5, 5.41) is 0. The van der Waals surface area contributed by atoms with Crippen molar-refractivity contribution in [2.24, 2.45) is 0 Å². The maximum atomic E-state index is 12.9. The third-order valence-electron chi connectivity index (χ3n) is 4.45. The molecule has 0 bridgehead atoms. The second kappa shape index (κ2) is 11.6. The standard InChI is InChI=1S/C23H22FN3O4S2/c24-20-11-9-18(10-12-20)15-32-16-22(28)26-27-23(29)19-7-4-8-21(13-19)33(30,31)25-14-17-5-2-1-3-6-17/h1-13,25H,14-16H2,(H,26,28)(H,27,29). The maximum Gasteiger partial charge on any atom is 0.269 e. The summed E-state index contributed by atoms with van der Waals surface area (Å²) in [5.74, 6) is -0.809. The Balaban J connectivity index is 1.49. The minimum Gasteiger partial charge on any atom is -0.272 e. The first-order chi connectivity index (χ1) is 15.8. The third-order valence-corrected chi connectivity index (χ3v) is 6.85. The highest BCUT2D eigenvalue weighted by molar-refractivity contribution is 7.99. The Morgan fingerprint density at radius 3 is 2.30 bits per heavy atom. The lowest BCUT2D eigenvalue weighted by atomic mass is 10.2. The van der Waals surface area contributed by atoms with Crippen molar-refractivity contribution in [1.82, 2.24) is 15.6 Å². The van der Waals surface area contributed by atoms with E-state index in [1.165, 1.54) is 48.2 Å². The molecular weight excluding hydrogens is 465 g/mol. The number of carbonyl (C=O) groups excluding carboxylic acids is 2. The van der Waals surface area contributed by atoms with Gasteiger partial charge in [0.1, 0.15) is 5.82 Å². The molecule has 10 heteroatoms. The Hall–Kier alpha value is -3.21. The Bertz CT molecular complexity index is 1200. The van der Waals surface area contributed by atoms with Crippen LogP contribution in [-0.2, 0) is 27.1 Å². The number of rotatable bonds is 9. The SMILES string of the molecule is O=C(CSCc1ccc(F)cc1)NNC(=O)c1cccc(S(=O)(=O)NCc2ccccc2)c1. The van der Waals surface area contributed by atoms with Crippen molar-refractivity contribution < 1.29 is 22.4 Å². The molecule has 0 unspecified atom stereocenters. The Morgan fingerprint density at radius 2 is 1.58 bits per heavy atom. The summed E-state index contributed by atoms with van der Waals surface area (Å²) in [6.07, 6.45) is 0. The average molecular weight is 488 g/mol. The molecule has 2 amide bonds. The monoisotopic (exact) mass is 487 g/mol. The van der Waals surface area contributed by atoms with Gasteiger partial charge in [-0.15, -0.1) is 11.8 Å². The molecule has 33 heavy (non-hydrogen) atoms. The van der Waals surface area contributed by atoms with E-state index in [-0.39, 0.29) is 28.6 Å². The van der Waals surface area contributed by atoms with E-state index in [4.69, 9.17) is 0 Å². The van der Waals surface area contributed by atoms with Gasteiger partial charge in [-0.1, -0.05) is 48.5 Å². The van der Waals surface area contributed by atoms with Crippen molar-refractivity contribution >= 4 is 33.6 Å². The predicted octanol–water partition coefficient (Wildman–Crippen LogP) is 3.00. The van der Waals surface area contributed by atoms with Crippen molar-refractivity contribution in [3.8, 4) is 0 Å². The van der Waals surface area contributed by atoms with Crippen LogP contribution in [0.3, 0.4) is 0 Å². The zero-order valence-corrected chi connectivity index (χ0v) is 19.1. The van der Waals surface area contributed by atoms with E-state index >= 15 is 0 Å². The Morgan fingerprint density at radius 1 is 0.848 bits per heavy atom. The summed E-state index contributed by atoms with van der Waals surface area (Å²) in [5.41, 5.74) is 6.33. The maximum absolute atomic E-state index is 12.9. The molecule has 0 aliphatic heterocycles. The third kappa shape index (κ3) is 7.70. The first-order valence-corrected chi connectivity index (χ1v) is 12.5. The summed E-state index contributed by atoms with van der Waals surface area (Å²) in [6, 6.07) is 20.5. The second-order valence-electron chi connectivity index (χ2n) is 6.96. The largest absolute Gasteiger partial charge is 0.272 e. The van der Waals surface area contributed by atoms with E-state index in [2.05, 4.69) is 15.6 Å². The number of thioether (sulfide) groups is 1. The van der Waals surface area contributed by atoms with Crippen molar-refractivity contribution in [3.63, 3.8) is 0 Å². The molecule has 0 aliphatic rings. The van der Waals surface area contributed by atoms with Gasteiger partial charge in [0.05, 0.1) is 10.6 Å². The van der Waals surface area contributed by atoms with Gasteiger partial charge in [-0.05, 0) is 41.5 Å². The molecule has 172 valence electrons. The smallest absolute Gasteiger partial charge is 0.269 e. The number of halogens is 1. The summed E-state index contributed by atoms with van der Waals surface area (Å²) in [4.78, 5) is 24.2. The van der Waals surface area contributed by atoms with E-state index < -0.39 is 21.8 Å². The zero-order valence-electron chi connectivity index (χ0n) is 17.5. The molecule has 0 spiro atoms. The van der Waals surface area contributed by atoms with E-state index in [0.29, 0.717) is 5.75 Å². The average Bonchev–Trinajstić information content (AvgIpc) is 2.83. The minimum atomic E-state index is -3.83. The Labute approximate surface area is 195 Å². The molecule has 0 saturated heterocycles. The van der Waals surface area contributed by atoms with Gasteiger partial charge in [0.15, 0.2) is 0 Å². The van der Waals surface area contributed by atoms with Crippen LogP contribution in [-0.4, -0.2) is 26.0 Å². The molecular formula is C23H22FN3O4S2. The van der Waals surface area contributed by atoms with E-state index in [1.54, 1.807) is 24.3 Å². The molecule has 3 rings (SSSR count). The lowest BCUT2D eigenvalue weighted by Gasteiger charge is -2.10. The topological polar surface area (TPSA) is 104 Å². The van der Waals surface area contributed by atoms with Crippen molar-refractivity contribution in [2.45, 2.75) is 17.2 Å². The molecule has 0 aliphatic carbocycles. The fraction of sp³-hybridized carbons (Fsp3) is 0.130. The molecule has 7 nitrogen and oxygen atoms in total. The van der Waals surface area contributed by atoms with Crippen LogP contribution in [0, 0.1) is 5.82 Å². The van der Waals surface area contributed by atoms with Gasteiger partial charge in [0, 0.05) is 17.9 Å². The van der Waals surface area contributed by atoms with Crippen LogP contribution in [0.1, 0.15) is 21.5 Å². The van der Waals surface area contributed by atoms with Gasteiger partial charge in [-0.3, -0.25) is 20.4 Å². The molecule has 0 heterocycles. The molecule has 3 aromatic rings. The van der Waals surface area contributed by atoms with Crippen LogP contribution in [0.2, 0.25) is 0 Å².